The zero-order valence-corrected chi connectivity index (χ0v) is 20.6. The lowest BCUT2D eigenvalue weighted by molar-refractivity contribution is -0.143. The number of benzene rings is 2. The van der Waals surface area contributed by atoms with Crippen LogP contribution in [0.25, 0.3) is 0 Å². The lowest BCUT2D eigenvalue weighted by atomic mass is 10.0. The zero-order chi connectivity index (χ0) is 28.4. The highest BCUT2D eigenvalue weighted by atomic mass is 16.4. The normalized spacial score (nSPS) is 14.8. The maximum Gasteiger partial charge on any atom is 0.328 e. The molecule has 2 aromatic carbocycles. The lowest BCUT2D eigenvalue weighted by Crippen LogP contribution is -2.59. The van der Waals surface area contributed by atoms with Crippen molar-refractivity contribution < 1.29 is 44.7 Å². The SMILES string of the molecule is CC(O)C(N)C(=O)NC(Cc1ccc(O)cc1)C(=O)NC(Cc1ccc(O)cc1)C(=O)NC(CO)C(=O)O. The second kappa shape index (κ2) is 13.9. The fraction of sp³-hybridized carbons (Fsp3) is 0.360. The highest BCUT2D eigenvalue weighted by molar-refractivity contribution is 5.94. The Morgan fingerprint density at radius 2 is 1.11 bits per heavy atom. The highest BCUT2D eigenvalue weighted by Gasteiger charge is 2.31. The molecule has 0 aliphatic rings. The Kier molecular flexibility index (Phi) is 11.0. The number of carboxylic acid groups (broad SMARTS) is 1. The van der Waals surface area contributed by atoms with E-state index in [1.165, 1.54) is 55.5 Å². The van der Waals surface area contributed by atoms with Crippen LogP contribution in [-0.2, 0) is 32.0 Å². The van der Waals surface area contributed by atoms with E-state index in [2.05, 4.69) is 16.0 Å². The van der Waals surface area contributed by atoms with Gasteiger partial charge in [0.05, 0.1) is 12.7 Å². The molecule has 13 nitrogen and oxygen atoms in total. The van der Waals surface area contributed by atoms with Crippen molar-refractivity contribution in [3.8, 4) is 11.5 Å². The third-order valence-corrected chi connectivity index (χ3v) is 5.64. The van der Waals surface area contributed by atoms with E-state index >= 15 is 0 Å². The fourth-order valence-electron chi connectivity index (χ4n) is 3.37. The average molecular weight is 533 g/mol. The molecule has 13 heteroatoms. The number of aliphatic hydroxyl groups excluding tert-OH is 2. The summed E-state index contributed by atoms with van der Waals surface area (Å²) in [6, 6.07) is 5.96. The molecule has 0 aliphatic carbocycles. The Hall–Kier alpha value is -4.20. The molecule has 10 N–H and O–H groups in total. The standard InChI is InChI=1S/C25H32N4O9/c1-13(31)21(26)24(36)28-19(11-15-4-8-17(33)9-5-15)22(34)27-18(10-14-2-6-16(32)7-3-14)23(35)29-20(12-30)25(37)38/h2-9,13,18-21,30-33H,10-12,26H2,1H3,(H,27,34)(H,28,36)(H,29,35)(H,37,38). The van der Waals surface area contributed by atoms with E-state index in [1.807, 2.05) is 0 Å². The average Bonchev–Trinajstić information content (AvgIpc) is 2.87. The van der Waals surface area contributed by atoms with Gasteiger partial charge in [0.25, 0.3) is 0 Å². The van der Waals surface area contributed by atoms with E-state index in [1.54, 1.807) is 0 Å². The molecule has 0 aromatic heterocycles. The minimum atomic E-state index is -1.63. The molecule has 5 atom stereocenters. The molecular weight excluding hydrogens is 500 g/mol. The van der Waals surface area contributed by atoms with Crippen LogP contribution in [0.5, 0.6) is 11.5 Å². The van der Waals surface area contributed by atoms with Crippen molar-refractivity contribution in [3.05, 3.63) is 59.7 Å². The van der Waals surface area contributed by atoms with E-state index in [-0.39, 0.29) is 24.3 Å². The first-order valence-corrected chi connectivity index (χ1v) is 11.7. The summed E-state index contributed by atoms with van der Waals surface area (Å²) < 4.78 is 0. The molecule has 0 bridgehead atoms. The summed E-state index contributed by atoms with van der Waals surface area (Å²) in [6.45, 7) is 0.412. The number of carbonyl (C=O) groups is 4. The number of nitrogens with two attached hydrogens (primary N) is 1. The molecule has 0 saturated heterocycles. The van der Waals surface area contributed by atoms with Crippen molar-refractivity contribution in [2.45, 2.75) is 50.0 Å². The van der Waals surface area contributed by atoms with Gasteiger partial charge in [-0.1, -0.05) is 24.3 Å². The van der Waals surface area contributed by atoms with Crippen LogP contribution in [0.15, 0.2) is 48.5 Å². The number of aromatic hydroxyl groups is 2. The van der Waals surface area contributed by atoms with Gasteiger partial charge in [0.2, 0.25) is 17.7 Å². The van der Waals surface area contributed by atoms with E-state index in [0.717, 1.165) is 0 Å². The Morgan fingerprint density at radius 1 is 0.737 bits per heavy atom. The Bertz CT molecular complexity index is 1110. The van der Waals surface area contributed by atoms with Gasteiger partial charge >= 0.3 is 5.97 Å². The van der Waals surface area contributed by atoms with Gasteiger partial charge in [0, 0.05) is 12.8 Å². The maximum absolute atomic E-state index is 13.3. The third-order valence-electron chi connectivity index (χ3n) is 5.64. The summed E-state index contributed by atoms with van der Waals surface area (Å²) >= 11 is 0. The number of carbonyl (C=O) groups excluding carboxylic acids is 3. The molecule has 5 unspecified atom stereocenters. The molecule has 0 aliphatic heterocycles. The first-order chi connectivity index (χ1) is 17.9. The van der Waals surface area contributed by atoms with Crippen molar-refractivity contribution in [2.75, 3.05) is 6.61 Å². The van der Waals surface area contributed by atoms with E-state index in [0.29, 0.717) is 11.1 Å². The summed E-state index contributed by atoms with van der Waals surface area (Å²) in [5, 5.41) is 54.3. The maximum atomic E-state index is 13.3. The van der Waals surface area contributed by atoms with Gasteiger partial charge in [0.1, 0.15) is 35.7 Å². The summed E-state index contributed by atoms with van der Waals surface area (Å²) in [4.78, 5) is 50.1. The number of nitrogens with one attached hydrogen (secondary N) is 3. The van der Waals surface area contributed by atoms with Gasteiger partial charge in [-0.05, 0) is 42.3 Å². The van der Waals surface area contributed by atoms with Gasteiger partial charge < -0.3 is 47.2 Å². The second-order valence-corrected chi connectivity index (χ2v) is 8.71. The molecule has 3 amide bonds. The Labute approximate surface area is 218 Å². The summed E-state index contributed by atoms with van der Waals surface area (Å²) in [5.41, 5.74) is 6.74. The number of phenolic OH excluding ortho intramolecular Hbond substituents is 2. The van der Waals surface area contributed by atoms with Crippen molar-refractivity contribution in [2.24, 2.45) is 5.73 Å². The lowest BCUT2D eigenvalue weighted by Gasteiger charge is -2.25. The number of carboxylic acids is 1. The third kappa shape index (κ3) is 9.03. The largest absolute Gasteiger partial charge is 0.508 e. The van der Waals surface area contributed by atoms with Gasteiger partial charge in [-0.15, -0.1) is 0 Å². The van der Waals surface area contributed by atoms with Crippen LogP contribution >= 0.6 is 0 Å². The molecule has 2 aromatic rings. The van der Waals surface area contributed by atoms with E-state index in [4.69, 9.17) is 5.73 Å². The number of aliphatic carboxylic acids is 1. The first-order valence-electron chi connectivity index (χ1n) is 11.7. The van der Waals surface area contributed by atoms with Crippen molar-refractivity contribution >= 4 is 23.7 Å². The Balaban J connectivity index is 2.32. The van der Waals surface area contributed by atoms with Crippen LogP contribution in [0.2, 0.25) is 0 Å². The minimum Gasteiger partial charge on any atom is -0.508 e. The highest BCUT2D eigenvalue weighted by Crippen LogP contribution is 2.14. The second-order valence-electron chi connectivity index (χ2n) is 8.71. The Morgan fingerprint density at radius 3 is 1.45 bits per heavy atom. The van der Waals surface area contributed by atoms with E-state index in [9.17, 15) is 44.7 Å². The molecule has 2 rings (SSSR count). The number of hydrogen-bond acceptors (Lipinski definition) is 9. The smallest absolute Gasteiger partial charge is 0.328 e. The van der Waals surface area contributed by atoms with Crippen LogP contribution in [0.1, 0.15) is 18.1 Å². The number of amides is 3. The van der Waals surface area contributed by atoms with Crippen LogP contribution in [0.4, 0.5) is 0 Å². The van der Waals surface area contributed by atoms with Crippen molar-refractivity contribution in [1.82, 2.24) is 16.0 Å². The molecule has 0 radical (unpaired) electrons. The molecule has 0 heterocycles. The quantitative estimate of drug-likeness (QED) is 0.139. The molecule has 38 heavy (non-hydrogen) atoms. The molecule has 0 spiro atoms. The zero-order valence-electron chi connectivity index (χ0n) is 20.6. The number of phenols is 2. The summed E-state index contributed by atoms with van der Waals surface area (Å²) in [5.74, 6) is -4.10. The molecule has 0 fully saturated rings. The number of hydrogen-bond donors (Lipinski definition) is 9. The topological polar surface area (TPSA) is 232 Å². The van der Waals surface area contributed by atoms with E-state index < -0.39 is 60.6 Å². The number of aliphatic hydroxyl groups is 2. The number of rotatable bonds is 13. The van der Waals surface area contributed by atoms with Crippen LogP contribution in [-0.4, -0.2) is 86.1 Å². The van der Waals surface area contributed by atoms with Crippen LogP contribution in [0, 0.1) is 0 Å². The summed E-state index contributed by atoms with van der Waals surface area (Å²) in [7, 11) is 0. The van der Waals surface area contributed by atoms with Crippen molar-refractivity contribution in [3.63, 3.8) is 0 Å². The molecular formula is C25H32N4O9. The van der Waals surface area contributed by atoms with Crippen LogP contribution < -0.4 is 21.7 Å². The molecule has 0 saturated carbocycles. The predicted octanol–water partition coefficient (Wildman–Crippen LogP) is -1.88. The van der Waals surface area contributed by atoms with Gasteiger partial charge in [-0.3, -0.25) is 14.4 Å². The molecule has 206 valence electrons. The monoisotopic (exact) mass is 532 g/mol. The van der Waals surface area contributed by atoms with Gasteiger partial charge in [0.15, 0.2) is 0 Å². The minimum absolute atomic E-state index is 0.0163. The van der Waals surface area contributed by atoms with Crippen molar-refractivity contribution in [1.29, 1.82) is 0 Å². The summed E-state index contributed by atoms with van der Waals surface area (Å²) in [6.07, 6.45) is -1.42. The predicted molar refractivity (Wildman–Crippen MR) is 134 cm³/mol. The van der Waals surface area contributed by atoms with Crippen LogP contribution in [0.3, 0.4) is 0 Å². The first kappa shape index (κ1) is 30.0. The van der Waals surface area contributed by atoms with Gasteiger partial charge in [-0.25, -0.2) is 4.79 Å². The fourth-order valence-corrected chi connectivity index (χ4v) is 3.37. The van der Waals surface area contributed by atoms with Gasteiger partial charge in [-0.2, -0.15) is 0 Å².